The summed E-state index contributed by atoms with van der Waals surface area (Å²) in [5.74, 6) is -0.207. The average molecular weight is 299 g/mol. The normalized spacial score (nSPS) is 10.5. The molecule has 0 aliphatic carbocycles. The van der Waals surface area contributed by atoms with Gasteiger partial charge in [0.15, 0.2) is 0 Å². The Balaban J connectivity index is 2.50. The molecule has 0 spiro atoms. The van der Waals surface area contributed by atoms with Gasteiger partial charge in [-0.1, -0.05) is 29.3 Å². The monoisotopic (exact) mass is 298 g/mol. The van der Waals surface area contributed by atoms with Crippen LogP contribution in [0.15, 0.2) is 24.4 Å². The Bertz CT molecular complexity index is 623. The summed E-state index contributed by atoms with van der Waals surface area (Å²) >= 11 is 11.8. The number of rotatable bonds is 3. The number of anilines is 1. The van der Waals surface area contributed by atoms with E-state index in [-0.39, 0.29) is 12.4 Å². The van der Waals surface area contributed by atoms with Gasteiger partial charge in [0, 0.05) is 11.8 Å². The van der Waals surface area contributed by atoms with Gasteiger partial charge in [-0.3, -0.25) is 0 Å². The standard InChI is InChI=1S/C13H12Cl2N2O2/c1-2-19-13(18)11-8(6-17-12(11)16)7-3-4-9(14)10(15)5-7/h3-6,17H,2,16H2,1H3. The summed E-state index contributed by atoms with van der Waals surface area (Å²) in [5.41, 5.74) is 7.44. The van der Waals surface area contributed by atoms with Crippen molar-refractivity contribution in [1.82, 2.24) is 4.98 Å². The number of aromatic nitrogens is 1. The van der Waals surface area contributed by atoms with Crippen molar-refractivity contribution in [3.05, 3.63) is 40.0 Å². The van der Waals surface area contributed by atoms with Crippen LogP contribution in [0.2, 0.25) is 10.0 Å². The highest BCUT2D eigenvalue weighted by atomic mass is 35.5. The molecule has 0 bridgehead atoms. The molecule has 2 aromatic rings. The highest BCUT2D eigenvalue weighted by molar-refractivity contribution is 6.42. The summed E-state index contributed by atoms with van der Waals surface area (Å²) < 4.78 is 4.99. The molecule has 0 saturated carbocycles. The Kier molecular flexibility index (Phi) is 4.02. The number of H-pyrrole nitrogens is 1. The molecule has 6 heteroatoms. The fraction of sp³-hybridized carbons (Fsp3) is 0.154. The van der Waals surface area contributed by atoms with E-state index in [1.165, 1.54) is 0 Å². The molecule has 1 aromatic heterocycles. The van der Waals surface area contributed by atoms with Gasteiger partial charge in [0.1, 0.15) is 11.4 Å². The van der Waals surface area contributed by atoms with Gasteiger partial charge in [-0.25, -0.2) is 4.79 Å². The number of esters is 1. The van der Waals surface area contributed by atoms with Crippen LogP contribution < -0.4 is 5.73 Å². The van der Waals surface area contributed by atoms with Crippen molar-refractivity contribution < 1.29 is 9.53 Å². The van der Waals surface area contributed by atoms with Crippen LogP contribution in [0.4, 0.5) is 5.82 Å². The molecular formula is C13H12Cl2N2O2. The Hall–Kier alpha value is -1.65. The predicted octanol–water partition coefficient (Wildman–Crippen LogP) is 3.75. The molecule has 0 aliphatic heterocycles. The summed E-state index contributed by atoms with van der Waals surface area (Å²) in [4.78, 5) is 14.7. The molecule has 2 rings (SSSR count). The van der Waals surface area contributed by atoms with Crippen molar-refractivity contribution in [2.24, 2.45) is 0 Å². The Morgan fingerprint density at radius 2 is 2.11 bits per heavy atom. The largest absolute Gasteiger partial charge is 0.462 e. The third kappa shape index (κ3) is 2.69. The second kappa shape index (κ2) is 5.55. The number of halogens is 2. The van der Waals surface area contributed by atoms with Crippen molar-refractivity contribution >= 4 is 35.0 Å². The maximum atomic E-state index is 11.9. The molecule has 0 unspecified atom stereocenters. The van der Waals surface area contributed by atoms with Gasteiger partial charge in [0.2, 0.25) is 0 Å². The van der Waals surface area contributed by atoms with Crippen LogP contribution in [0.3, 0.4) is 0 Å². The second-order valence-corrected chi connectivity index (χ2v) is 4.65. The van der Waals surface area contributed by atoms with Crippen molar-refractivity contribution in [3.8, 4) is 11.1 Å². The third-order valence-electron chi connectivity index (χ3n) is 2.62. The summed E-state index contributed by atoms with van der Waals surface area (Å²) in [6.07, 6.45) is 1.64. The Morgan fingerprint density at radius 1 is 1.37 bits per heavy atom. The van der Waals surface area contributed by atoms with Crippen LogP contribution in [0.5, 0.6) is 0 Å². The maximum absolute atomic E-state index is 11.9. The molecular weight excluding hydrogens is 287 g/mol. The van der Waals surface area contributed by atoms with Crippen LogP contribution >= 0.6 is 23.2 Å². The third-order valence-corrected chi connectivity index (χ3v) is 3.36. The molecule has 0 aliphatic rings. The number of hydrogen-bond acceptors (Lipinski definition) is 3. The molecule has 1 heterocycles. The van der Waals surface area contributed by atoms with Gasteiger partial charge in [0.25, 0.3) is 0 Å². The minimum atomic E-state index is -0.470. The smallest absolute Gasteiger partial charge is 0.342 e. The molecule has 1 aromatic carbocycles. The summed E-state index contributed by atoms with van der Waals surface area (Å²) in [5, 5.41) is 0.861. The van der Waals surface area contributed by atoms with Crippen molar-refractivity contribution in [2.75, 3.05) is 12.3 Å². The number of carbonyl (C=O) groups is 1. The number of carbonyl (C=O) groups excluding carboxylic acids is 1. The van der Waals surface area contributed by atoms with E-state index in [9.17, 15) is 4.79 Å². The molecule has 100 valence electrons. The van der Waals surface area contributed by atoms with Crippen LogP contribution in [0.1, 0.15) is 17.3 Å². The lowest BCUT2D eigenvalue weighted by atomic mass is 10.0. The molecule has 4 nitrogen and oxygen atoms in total. The van der Waals surface area contributed by atoms with E-state index in [1.54, 1.807) is 31.3 Å². The van der Waals surface area contributed by atoms with Gasteiger partial charge in [-0.2, -0.15) is 0 Å². The summed E-state index contributed by atoms with van der Waals surface area (Å²) in [6.45, 7) is 2.02. The first-order chi connectivity index (χ1) is 9.04. The van der Waals surface area contributed by atoms with E-state index in [2.05, 4.69) is 4.98 Å². The lowest BCUT2D eigenvalue weighted by Gasteiger charge is -2.06. The van der Waals surface area contributed by atoms with Gasteiger partial charge in [0.05, 0.1) is 16.7 Å². The van der Waals surface area contributed by atoms with Gasteiger partial charge in [-0.15, -0.1) is 0 Å². The first-order valence-corrected chi connectivity index (χ1v) is 6.39. The molecule has 0 amide bonds. The predicted molar refractivity (Wildman–Crippen MR) is 76.6 cm³/mol. The Labute approximate surface area is 120 Å². The van der Waals surface area contributed by atoms with Crippen LogP contribution in [0.25, 0.3) is 11.1 Å². The number of ether oxygens (including phenoxy) is 1. The van der Waals surface area contributed by atoms with E-state index in [4.69, 9.17) is 33.7 Å². The summed E-state index contributed by atoms with van der Waals surface area (Å²) in [6, 6.07) is 5.10. The number of aromatic amines is 1. The quantitative estimate of drug-likeness (QED) is 0.848. The Morgan fingerprint density at radius 3 is 2.74 bits per heavy atom. The molecule has 0 atom stereocenters. The van der Waals surface area contributed by atoms with Gasteiger partial charge < -0.3 is 15.5 Å². The minimum Gasteiger partial charge on any atom is -0.462 e. The minimum absolute atomic E-state index is 0.263. The molecule has 0 saturated heterocycles. The number of hydrogen-bond donors (Lipinski definition) is 2. The van der Waals surface area contributed by atoms with E-state index in [1.807, 2.05) is 0 Å². The van der Waals surface area contributed by atoms with Gasteiger partial charge >= 0.3 is 5.97 Å². The average Bonchev–Trinajstić information content (AvgIpc) is 2.75. The highest BCUT2D eigenvalue weighted by Crippen LogP contribution is 2.32. The van der Waals surface area contributed by atoms with E-state index < -0.39 is 5.97 Å². The molecule has 19 heavy (non-hydrogen) atoms. The van der Waals surface area contributed by atoms with Crippen molar-refractivity contribution in [2.45, 2.75) is 6.92 Å². The summed E-state index contributed by atoms with van der Waals surface area (Å²) in [7, 11) is 0. The number of benzene rings is 1. The fourth-order valence-corrected chi connectivity index (χ4v) is 2.05. The van der Waals surface area contributed by atoms with E-state index in [0.717, 1.165) is 5.56 Å². The molecule has 3 N–H and O–H groups in total. The maximum Gasteiger partial charge on any atom is 0.342 e. The number of nitrogen functional groups attached to an aromatic ring is 1. The van der Waals surface area contributed by atoms with Gasteiger partial charge in [-0.05, 0) is 24.6 Å². The lowest BCUT2D eigenvalue weighted by Crippen LogP contribution is -2.07. The topological polar surface area (TPSA) is 68.1 Å². The number of nitrogens with one attached hydrogen (secondary N) is 1. The zero-order valence-corrected chi connectivity index (χ0v) is 11.7. The fourth-order valence-electron chi connectivity index (χ4n) is 1.75. The van der Waals surface area contributed by atoms with E-state index >= 15 is 0 Å². The SMILES string of the molecule is CCOC(=O)c1c(-c2ccc(Cl)c(Cl)c2)c[nH]c1N. The highest BCUT2D eigenvalue weighted by Gasteiger charge is 2.19. The molecule has 0 fully saturated rings. The number of nitrogens with two attached hydrogens (primary N) is 1. The van der Waals surface area contributed by atoms with Crippen LogP contribution in [0, 0.1) is 0 Å². The van der Waals surface area contributed by atoms with E-state index in [0.29, 0.717) is 21.2 Å². The lowest BCUT2D eigenvalue weighted by molar-refractivity contribution is 0.0529. The van der Waals surface area contributed by atoms with Crippen LogP contribution in [-0.2, 0) is 4.74 Å². The van der Waals surface area contributed by atoms with Crippen LogP contribution in [-0.4, -0.2) is 17.6 Å². The zero-order chi connectivity index (χ0) is 14.0. The first-order valence-electron chi connectivity index (χ1n) is 5.64. The van der Waals surface area contributed by atoms with Crippen molar-refractivity contribution in [1.29, 1.82) is 0 Å². The second-order valence-electron chi connectivity index (χ2n) is 3.84. The zero-order valence-electron chi connectivity index (χ0n) is 10.2. The first kappa shape index (κ1) is 13.8. The van der Waals surface area contributed by atoms with Crippen molar-refractivity contribution in [3.63, 3.8) is 0 Å². The molecule has 0 radical (unpaired) electrons.